The van der Waals surface area contributed by atoms with Crippen LogP contribution in [0.4, 0.5) is 11.4 Å². The summed E-state index contributed by atoms with van der Waals surface area (Å²) in [6, 6.07) is 15.6. The Hall–Kier alpha value is -1.85. The van der Waals surface area contributed by atoms with E-state index >= 15 is 0 Å². The Kier molecular flexibility index (Phi) is 5.09. The van der Waals surface area contributed by atoms with Gasteiger partial charge in [0.25, 0.3) is 0 Å². The van der Waals surface area contributed by atoms with E-state index in [0.29, 0.717) is 0 Å². The van der Waals surface area contributed by atoms with Gasteiger partial charge in [-0.1, -0.05) is 24.3 Å². The van der Waals surface area contributed by atoms with Crippen LogP contribution in [0, 0.1) is 0 Å². The molecule has 2 aromatic rings. The van der Waals surface area contributed by atoms with Crippen LogP contribution in [0.5, 0.6) is 0 Å². The standard InChI is InChI=1S/C12H12N2.H3O4P/c13-11-5-1-9(2-6-11)10-3-7-12(14)8-4-10;1-5(2,3)4/h1-8H,13-14H2;(H3,1,2,3,4). The van der Waals surface area contributed by atoms with Gasteiger partial charge in [0.05, 0.1) is 0 Å². The van der Waals surface area contributed by atoms with Crippen molar-refractivity contribution < 1.29 is 19.2 Å². The van der Waals surface area contributed by atoms with Crippen LogP contribution in [0.25, 0.3) is 11.1 Å². The maximum absolute atomic E-state index is 8.88. The normalized spacial score (nSPS) is 10.5. The maximum atomic E-state index is 8.88. The minimum Gasteiger partial charge on any atom is -0.399 e. The Morgan fingerprint density at radius 2 is 0.895 bits per heavy atom. The molecule has 102 valence electrons. The van der Waals surface area contributed by atoms with E-state index in [-0.39, 0.29) is 0 Å². The van der Waals surface area contributed by atoms with Gasteiger partial charge in [0, 0.05) is 11.4 Å². The smallest absolute Gasteiger partial charge is 0.399 e. The van der Waals surface area contributed by atoms with Crippen molar-refractivity contribution >= 4 is 19.2 Å². The van der Waals surface area contributed by atoms with Crippen LogP contribution in [-0.2, 0) is 4.57 Å². The predicted octanol–water partition coefficient (Wildman–Crippen LogP) is 1.59. The van der Waals surface area contributed by atoms with Crippen LogP contribution in [0.2, 0.25) is 0 Å². The molecule has 6 nitrogen and oxygen atoms in total. The fourth-order valence-corrected chi connectivity index (χ4v) is 1.35. The topological polar surface area (TPSA) is 130 Å². The molecule has 0 aliphatic rings. The van der Waals surface area contributed by atoms with E-state index in [9.17, 15) is 0 Å². The summed E-state index contributed by atoms with van der Waals surface area (Å²) in [5.41, 5.74) is 15.1. The van der Waals surface area contributed by atoms with Gasteiger partial charge < -0.3 is 26.1 Å². The molecule has 0 aliphatic carbocycles. The molecular weight excluding hydrogens is 267 g/mol. The van der Waals surface area contributed by atoms with E-state index in [0.717, 1.165) is 22.5 Å². The maximum Gasteiger partial charge on any atom is 0.466 e. The molecule has 0 aromatic heterocycles. The molecule has 0 amide bonds. The summed E-state index contributed by atoms with van der Waals surface area (Å²) in [5.74, 6) is 0. The first kappa shape index (κ1) is 15.2. The summed E-state index contributed by atoms with van der Waals surface area (Å²) >= 11 is 0. The number of nitrogen functional groups attached to an aromatic ring is 2. The van der Waals surface area contributed by atoms with Crippen molar-refractivity contribution in [1.82, 2.24) is 0 Å². The zero-order valence-electron chi connectivity index (χ0n) is 9.97. The van der Waals surface area contributed by atoms with E-state index in [2.05, 4.69) is 0 Å². The molecule has 0 aliphatic heterocycles. The Labute approximate surface area is 110 Å². The van der Waals surface area contributed by atoms with Crippen LogP contribution in [-0.4, -0.2) is 14.7 Å². The van der Waals surface area contributed by atoms with Gasteiger partial charge in [-0.25, -0.2) is 4.57 Å². The highest BCUT2D eigenvalue weighted by atomic mass is 31.2. The number of hydrogen-bond acceptors (Lipinski definition) is 3. The number of anilines is 2. The highest BCUT2D eigenvalue weighted by molar-refractivity contribution is 7.45. The molecule has 0 fully saturated rings. The molecule has 7 heteroatoms. The van der Waals surface area contributed by atoms with Crippen molar-refractivity contribution in [2.24, 2.45) is 0 Å². The first-order valence-corrected chi connectivity index (χ1v) is 6.82. The lowest BCUT2D eigenvalue weighted by Gasteiger charge is -2.02. The van der Waals surface area contributed by atoms with Gasteiger partial charge in [-0.2, -0.15) is 0 Å². The first-order chi connectivity index (χ1) is 8.75. The first-order valence-electron chi connectivity index (χ1n) is 5.25. The molecule has 7 N–H and O–H groups in total. The van der Waals surface area contributed by atoms with Crippen LogP contribution in [0.15, 0.2) is 48.5 Å². The largest absolute Gasteiger partial charge is 0.466 e. The summed E-state index contributed by atoms with van der Waals surface area (Å²) < 4.78 is 8.88. The van der Waals surface area contributed by atoms with Crippen LogP contribution < -0.4 is 11.5 Å². The molecule has 0 atom stereocenters. The molecule has 2 rings (SSSR count). The molecule has 0 unspecified atom stereocenters. The minimum atomic E-state index is -4.64. The Morgan fingerprint density at radius 1 is 0.684 bits per heavy atom. The van der Waals surface area contributed by atoms with Crippen molar-refractivity contribution in [2.45, 2.75) is 0 Å². The highest BCUT2D eigenvalue weighted by Gasteiger charge is 2.00. The molecular formula is C12H15N2O4P. The summed E-state index contributed by atoms with van der Waals surface area (Å²) in [6.07, 6.45) is 0. The van der Waals surface area contributed by atoms with Gasteiger partial charge in [0.15, 0.2) is 0 Å². The second-order valence-corrected chi connectivity index (χ2v) is 4.78. The van der Waals surface area contributed by atoms with Crippen LogP contribution in [0.1, 0.15) is 0 Å². The van der Waals surface area contributed by atoms with Crippen molar-refractivity contribution in [3.63, 3.8) is 0 Å². The molecule has 0 bridgehead atoms. The third kappa shape index (κ3) is 6.59. The SMILES string of the molecule is Nc1ccc(-c2ccc(N)cc2)cc1.O=P(O)(O)O. The average molecular weight is 282 g/mol. The second kappa shape index (κ2) is 6.36. The lowest BCUT2D eigenvalue weighted by molar-refractivity contribution is 0.275. The second-order valence-electron chi connectivity index (χ2n) is 3.76. The highest BCUT2D eigenvalue weighted by Crippen LogP contribution is 2.25. The number of nitrogens with two attached hydrogens (primary N) is 2. The number of rotatable bonds is 1. The van der Waals surface area contributed by atoms with Crippen molar-refractivity contribution in [3.05, 3.63) is 48.5 Å². The summed E-state index contributed by atoms with van der Waals surface area (Å²) in [4.78, 5) is 21.6. The lowest BCUT2D eigenvalue weighted by Crippen LogP contribution is -1.85. The number of hydrogen-bond donors (Lipinski definition) is 5. The molecule has 19 heavy (non-hydrogen) atoms. The van der Waals surface area contributed by atoms with Crippen LogP contribution >= 0.6 is 7.82 Å². The van der Waals surface area contributed by atoms with Crippen LogP contribution in [0.3, 0.4) is 0 Å². The van der Waals surface area contributed by atoms with Gasteiger partial charge in [0.2, 0.25) is 0 Å². The quantitative estimate of drug-likeness (QED) is 0.399. The van der Waals surface area contributed by atoms with E-state index in [4.69, 9.17) is 30.7 Å². The van der Waals surface area contributed by atoms with Gasteiger partial charge in [-0.05, 0) is 35.4 Å². The summed E-state index contributed by atoms with van der Waals surface area (Å²) in [7, 11) is -4.64. The monoisotopic (exact) mass is 282 g/mol. The Bertz CT molecular complexity index is 512. The predicted molar refractivity (Wildman–Crippen MR) is 75.0 cm³/mol. The lowest BCUT2D eigenvalue weighted by atomic mass is 10.1. The Morgan fingerprint density at radius 3 is 1.11 bits per heavy atom. The van der Waals surface area contributed by atoms with Crippen molar-refractivity contribution in [3.8, 4) is 11.1 Å². The Balaban J connectivity index is 0.000000312. The van der Waals surface area contributed by atoms with Crippen molar-refractivity contribution in [1.29, 1.82) is 0 Å². The molecule has 0 saturated carbocycles. The molecule has 0 heterocycles. The summed E-state index contributed by atoms with van der Waals surface area (Å²) in [5, 5.41) is 0. The van der Waals surface area contributed by atoms with Gasteiger partial charge in [-0.3, -0.25) is 0 Å². The molecule has 0 radical (unpaired) electrons. The van der Waals surface area contributed by atoms with Gasteiger partial charge >= 0.3 is 7.82 Å². The third-order valence-electron chi connectivity index (χ3n) is 2.15. The van der Waals surface area contributed by atoms with Gasteiger partial charge in [-0.15, -0.1) is 0 Å². The fraction of sp³-hybridized carbons (Fsp3) is 0. The third-order valence-corrected chi connectivity index (χ3v) is 2.15. The average Bonchev–Trinajstić information content (AvgIpc) is 2.29. The molecule has 2 aromatic carbocycles. The van der Waals surface area contributed by atoms with Gasteiger partial charge in [0.1, 0.15) is 0 Å². The zero-order valence-corrected chi connectivity index (χ0v) is 10.9. The summed E-state index contributed by atoms with van der Waals surface area (Å²) in [6.45, 7) is 0. The van der Waals surface area contributed by atoms with Crippen molar-refractivity contribution in [2.75, 3.05) is 11.5 Å². The minimum absolute atomic E-state index is 0.782. The number of phosphoric acid groups is 1. The van der Waals surface area contributed by atoms with E-state index in [1.165, 1.54) is 0 Å². The zero-order chi connectivity index (χ0) is 14.5. The molecule has 0 saturated heterocycles. The van der Waals surface area contributed by atoms with E-state index in [1.807, 2.05) is 48.5 Å². The van der Waals surface area contributed by atoms with E-state index in [1.54, 1.807) is 0 Å². The van der Waals surface area contributed by atoms with E-state index < -0.39 is 7.82 Å². The fourth-order valence-electron chi connectivity index (χ4n) is 1.35. The number of benzene rings is 2. The molecule has 0 spiro atoms.